The number of hydrogen-bond donors (Lipinski definition) is 0. The minimum absolute atomic E-state index is 0.320. The van der Waals surface area contributed by atoms with Crippen LogP contribution in [0.1, 0.15) is 50.9 Å². The van der Waals surface area contributed by atoms with Crippen molar-refractivity contribution < 1.29 is 23.8 Å². The van der Waals surface area contributed by atoms with Crippen LogP contribution in [-0.4, -0.2) is 53.3 Å². The van der Waals surface area contributed by atoms with Gasteiger partial charge in [0.15, 0.2) is 0 Å². The van der Waals surface area contributed by atoms with Crippen LogP contribution in [0.2, 0.25) is 5.15 Å². The van der Waals surface area contributed by atoms with Crippen molar-refractivity contribution in [3.8, 4) is 16.9 Å². The van der Waals surface area contributed by atoms with Crippen LogP contribution >= 0.6 is 11.6 Å². The van der Waals surface area contributed by atoms with Gasteiger partial charge in [0.2, 0.25) is 0 Å². The highest BCUT2D eigenvalue weighted by atomic mass is 35.5. The predicted molar refractivity (Wildman–Crippen MR) is 122 cm³/mol. The van der Waals surface area contributed by atoms with E-state index in [4.69, 9.17) is 25.8 Å². The van der Waals surface area contributed by atoms with Crippen molar-refractivity contribution in [3.05, 3.63) is 47.2 Å². The zero-order valence-corrected chi connectivity index (χ0v) is 19.9. The maximum Gasteiger partial charge on any atom is 0.410 e. The molecule has 1 aliphatic carbocycles. The molecule has 0 saturated heterocycles. The van der Waals surface area contributed by atoms with Gasteiger partial charge in [-0.1, -0.05) is 23.7 Å². The molecule has 8 heteroatoms. The summed E-state index contributed by atoms with van der Waals surface area (Å²) in [5.74, 6) is 0.173. The second kappa shape index (κ2) is 9.36. The molecule has 32 heavy (non-hydrogen) atoms. The average Bonchev–Trinajstić information content (AvgIpc) is 3.53. The minimum Gasteiger partial charge on any atom is -0.489 e. The maximum absolute atomic E-state index is 12.4. The van der Waals surface area contributed by atoms with Crippen LogP contribution in [0, 0.1) is 0 Å². The van der Waals surface area contributed by atoms with E-state index in [-0.39, 0.29) is 17.6 Å². The van der Waals surface area contributed by atoms with E-state index < -0.39 is 5.60 Å². The van der Waals surface area contributed by atoms with E-state index in [1.807, 2.05) is 20.8 Å². The molecule has 172 valence electrons. The van der Waals surface area contributed by atoms with Crippen molar-refractivity contribution in [1.29, 1.82) is 0 Å². The Bertz CT molecular complexity index is 981. The van der Waals surface area contributed by atoms with E-state index in [1.165, 1.54) is 0 Å². The number of benzene rings is 1. The third kappa shape index (κ3) is 5.71. The zero-order valence-electron chi connectivity index (χ0n) is 19.1. The van der Waals surface area contributed by atoms with Gasteiger partial charge in [0.1, 0.15) is 23.1 Å². The summed E-state index contributed by atoms with van der Waals surface area (Å²) in [6.07, 6.45) is 2.87. The van der Waals surface area contributed by atoms with Crippen molar-refractivity contribution in [2.75, 3.05) is 20.3 Å². The van der Waals surface area contributed by atoms with Crippen LogP contribution in [0.4, 0.5) is 4.79 Å². The summed E-state index contributed by atoms with van der Waals surface area (Å²) < 4.78 is 16.5. The first-order chi connectivity index (χ1) is 15.0. The quantitative estimate of drug-likeness (QED) is 0.409. The number of nitrogens with zero attached hydrogens (tertiary/aromatic N) is 2. The Labute approximate surface area is 193 Å². The molecule has 0 bridgehead atoms. The maximum atomic E-state index is 12.4. The Kier molecular flexibility index (Phi) is 6.98. The van der Waals surface area contributed by atoms with Gasteiger partial charge >= 0.3 is 12.1 Å². The number of esters is 1. The Morgan fingerprint density at radius 2 is 1.84 bits per heavy atom. The highest BCUT2D eigenvalue weighted by molar-refractivity contribution is 6.32. The summed E-state index contributed by atoms with van der Waals surface area (Å²) in [5, 5.41) is 0.327. The number of halogens is 1. The number of rotatable bonds is 7. The summed E-state index contributed by atoms with van der Waals surface area (Å²) >= 11 is 6.31. The average molecular weight is 461 g/mol. The second-order valence-corrected chi connectivity index (χ2v) is 9.22. The minimum atomic E-state index is -0.555. The van der Waals surface area contributed by atoms with Gasteiger partial charge < -0.3 is 19.1 Å². The Hall–Kier alpha value is -2.80. The van der Waals surface area contributed by atoms with Crippen LogP contribution in [-0.2, 0) is 9.47 Å². The molecule has 0 aliphatic heterocycles. The van der Waals surface area contributed by atoms with Gasteiger partial charge in [-0.15, -0.1) is 0 Å². The van der Waals surface area contributed by atoms with Crippen LogP contribution in [0.5, 0.6) is 5.75 Å². The van der Waals surface area contributed by atoms with Crippen molar-refractivity contribution in [3.63, 3.8) is 0 Å². The van der Waals surface area contributed by atoms with Gasteiger partial charge in [0.05, 0.1) is 23.9 Å². The monoisotopic (exact) mass is 460 g/mol. The summed E-state index contributed by atoms with van der Waals surface area (Å²) in [6.45, 7) is 7.94. The van der Waals surface area contributed by atoms with E-state index in [9.17, 15) is 9.59 Å². The molecule has 0 radical (unpaired) electrons. The van der Waals surface area contributed by atoms with Gasteiger partial charge in [-0.05, 0) is 64.3 Å². The molecule has 1 saturated carbocycles. The lowest BCUT2D eigenvalue weighted by Gasteiger charge is -2.30. The van der Waals surface area contributed by atoms with E-state index in [1.54, 1.807) is 55.4 Å². The van der Waals surface area contributed by atoms with Crippen molar-refractivity contribution >= 4 is 23.7 Å². The van der Waals surface area contributed by atoms with Gasteiger partial charge in [-0.25, -0.2) is 14.6 Å². The Balaban J connectivity index is 1.70. The van der Waals surface area contributed by atoms with Gasteiger partial charge in [0.25, 0.3) is 0 Å². The van der Waals surface area contributed by atoms with Crippen LogP contribution in [0.3, 0.4) is 0 Å². The lowest BCUT2D eigenvalue weighted by Crippen LogP contribution is -2.45. The Morgan fingerprint density at radius 1 is 1.19 bits per heavy atom. The van der Waals surface area contributed by atoms with Gasteiger partial charge in [-0.2, -0.15) is 0 Å². The molecule has 0 atom stereocenters. The van der Waals surface area contributed by atoms with E-state index in [0.29, 0.717) is 35.2 Å². The Morgan fingerprint density at radius 3 is 2.41 bits per heavy atom. The first-order valence-corrected chi connectivity index (χ1v) is 11.0. The third-order valence-corrected chi connectivity index (χ3v) is 5.54. The lowest BCUT2D eigenvalue weighted by molar-refractivity contribution is 0.0139. The normalized spacial score (nSPS) is 14.4. The number of likely N-dealkylation sites (N-methyl/N-ethyl adjacent to an activating group) is 1. The molecule has 1 aliphatic rings. The van der Waals surface area contributed by atoms with Crippen LogP contribution in [0.15, 0.2) is 36.5 Å². The number of hydrogen-bond acceptors (Lipinski definition) is 6. The molecular formula is C24H29ClN2O5. The standard InChI is InChI=1S/C24H29ClN2O5/c1-6-30-21(28)17-9-7-16(8-10-17)19-13-18(14-26-20(19)25)31-15-24(11-12-24)27(5)22(29)32-23(2,3)4/h7-10,13-14H,6,11-12,15H2,1-5H3. The molecule has 0 spiro atoms. The van der Waals surface area contributed by atoms with E-state index >= 15 is 0 Å². The van der Waals surface area contributed by atoms with Crippen molar-refractivity contribution in [1.82, 2.24) is 9.88 Å². The zero-order chi connectivity index (χ0) is 23.5. The number of pyridine rings is 1. The number of carbonyl (C=O) groups excluding carboxylic acids is 2. The van der Waals surface area contributed by atoms with Crippen LogP contribution in [0.25, 0.3) is 11.1 Å². The van der Waals surface area contributed by atoms with E-state index in [0.717, 1.165) is 18.4 Å². The molecule has 0 N–H and O–H groups in total. The van der Waals surface area contributed by atoms with Crippen molar-refractivity contribution in [2.24, 2.45) is 0 Å². The van der Waals surface area contributed by atoms with Crippen molar-refractivity contribution in [2.45, 2.75) is 51.7 Å². The molecule has 1 amide bonds. The SMILES string of the molecule is CCOC(=O)c1ccc(-c2cc(OCC3(N(C)C(=O)OC(C)(C)C)CC3)cnc2Cl)cc1. The largest absolute Gasteiger partial charge is 0.489 e. The highest BCUT2D eigenvalue weighted by Gasteiger charge is 2.50. The first kappa shape index (κ1) is 23.9. The molecule has 1 aromatic heterocycles. The number of amides is 1. The third-order valence-electron chi connectivity index (χ3n) is 5.23. The van der Waals surface area contributed by atoms with Gasteiger partial charge in [0, 0.05) is 12.6 Å². The number of aromatic nitrogens is 1. The highest BCUT2D eigenvalue weighted by Crippen LogP contribution is 2.42. The summed E-state index contributed by atoms with van der Waals surface area (Å²) in [4.78, 5) is 30.2. The molecular weight excluding hydrogens is 432 g/mol. The fourth-order valence-corrected chi connectivity index (χ4v) is 3.39. The molecule has 2 aromatic rings. The fraction of sp³-hybridized carbons (Fsp3) is 0.458. The van der Waals surface area contributed by atoms with Crippen LogP contribution < -0.4 is 4.74 Å². The smallest absolute Gasteiger partial charge is 0.410 e. The first-order valence-electron chi connectivity index (χ1n) is 10.6. The van der Waals surface area contributed by atoms with Gasteiger partial charge in [-0.3, -0.25) is 0 Å². The van der Waals surface area contributed by atoms with E-state index in [2.05, 4.69) is 4.98 Å². The molecule has 1 heterocycles. The number of carbonyl (C=O) groups is 2. The molecule has 3 rings (SSSR count). The predicted octanol–water partition coefficient (Wildman–Crippen LogP) is 5.36. The molecule has 1 fully saturated rings. The number of ether oxygens (including phenoxy) is 3. The summed E-state index contributed by atoms with van der Waals surface area (Å²) in [5.41, 5.74) is 1.01. The summed E-state index contributed by atoms with van der Waals surface area (Å²) in [6, 6.07) is 8.76. The molecule has 0 unspecified atom stereocenters. The molecule has 7 nitrogen and oxygen atoms in total. The topological polar surface area (TPSA) is 78.0 Å². The lowest BCUT2D eigenvalue weighted by atomic mass is 10.1. The summed E-state index contributed by atoms with van der Waals surface area (Å²) in [7, 11) is 1.74. The second-order valence-electron chi connectivity index (χ2n) is 8.86. The molecule has 1 aromatic carbocycles. The fourth-order valence-electron chi connectivity index (χ4n) is 3.17.